The SMILES string of the molecule is CCOc1cc(CN)cc(Br)c1OCC(C)(C)C(=O)OC. The quantitative estimate of drug-likeness (QED) is 0.757. The van der Waals surface area contributed by atoms with E-state index in [1.54, 1.807) is 13.8 Å². The summed E-state index contributed by atoms with van der Waals surface area (Å²) in [6.45, 7) is 6.53. The molecule has 0 heterocycles. The molecule has 2 N–H and O–H groups in total. The van der Waals surface area contributed by atoms with Gasteiger partial charge >= 0.3 is 5.97 Å². The summed E-state index contributed by atoms with van der Waals surface area (Å²) in [5.41, 5.74) is 5.85. The smallest absolute Gasteiger partial charge is 0.314 e. The second-order valence-electron chi connectivity index (χ2n) is 5.21. The van der Waals surface area contributed by atoms with E-state index in [9.17, 15) is 4.79 Å². The molecule has 1 rings (SSSR count). The minimum Gasteiger partial charge on any atom is -0.490 e. The van der Waals surface area contributed by atoms with Gasteiger partial charge in [0.2, 0.25) is 0 Å². The van der Waals surface area contributed by atoms with Gasteiger partial charge in [-0.05, 0) is 54.4 Å². The molecule has 0 saturated heterocycles. The lowest BCUT2D eigenvalue weighted by Gasteiger charge is -2.23. The van der Waals surface area contributed by atoms with Crippen molar-refractivity contribution in [3.8, 4) is 11.5 Å². The Morgan fingerprint density at radius 1 is 1.33 bits per heavy atom. The van der Waals surface area contributed by atoms with Crippen LogP contribution in [0, 0.1) is 5.41 Å². The molecule has 0 atom stereocenters. The predicted octanol–water partition coefficient (Wildman–Crippen LogP) is 2.88. The van der Waals surface area contributed by atoms with Crippen molar-refractivity contribution in [1.29, 1.82) is 0 Å². The Labute approximate surface area is 133 Å². The molecule has 21 heavy (non-hydrogen) atoms. The fourth-order valence-electron chi connectivity index (χ4n) is 1.73. The number of methoxy groups -OCH3 is 1. The molecule has 0 spiro atoms. The number of ether oxygens (including phenoxy) is 3. The molecule has 5 nitrogen and oxygen atoms in total. The van der Waals surface area contributed by atoms with Gasteiger partial charge in [-0.1, -0.05) is 0 Å². The fraction of sp³-hybridized carbons (Fsp3) is 0.533. The number of hydrogen-bond acceptors (Lipinski definition) is 5. The van der Waals surface area contributed by atoms with E-state index in [2.05, 4.69) is 15.9 Å². The number of carbonyl (C=O) groups is 1. The van der Waals surface area contributed by atoms with Crippen molar-refractivity contribution in [2.45, 2.75) is 27.3 Å². The molecule has 1 aromatic carbocycles. The number of halogens is 1. The van der Waals surface area contributed by atoms with Crippen LogP contribution >= 0.6 is 15.9 Å². The van der Waals surface area contributed by atoms with Crippen LogP contribution in [-0.2, 0) is 16.1 Å². The molecule has 0 aromatic heterocycles. The Bertz CT molecular complexity index is 503. The number of esters is 1. The molecule has 0 saturated carbocycles. The van der Waals surface area contributed by atoms with Crippen molar-refractivity contribution in [3.05, 3.63) is 22.2 Å². The van der Waals surface area contributed by atoms with E-state index in [0.29, 0.717) is 24.7 Å². The van der Waals surface area contributed by atoms with Gasteiger partial charge in [0.1, 0.15) is 6.61 Å². The highest BCUT2D eigenvalue weighted by atomic mass is 79.9. The van der Waals surface area contributed by atoms with Crippen LogP contribution in [0.2, 0.25) is 0 Å². The van der Waals surface area contributed by atoms with Gasteiger partial charge in [-0.2, -0.15) is 0 Å². The summed E-state index contributed by atoms with van der Waals surface area (Å²) in [6.07, 6.45) is 0. The maximum absolute atomic E-state index is 11.7. The van der Waals surface area contributed by atoms with E-state index in [0.717, 1.165) is 10.0 Å². The first kappa shape index (κ1) is 17.8. The highest BCUT2D eigenvalue weighted by molar-refractivity contribution is 9.10. The second kappa shape index (κ2) is 7.66. The van der Waals surface area contributed by atoms with E-state index in [-0.39, 0.29) is 12.6 Å². The highest BCUT2D eigenvalue weighted by Crippen LogP contribution is 2.38. The van der Waals surface area contributed by atoms with Crippen LogP contribution in [0.1, 0.15) is 26.3 Å². The summed E-state index contributed by atoms with van der Waals surface area (Å²) >= 11 is 3.45. The molecular weight excluding hydrogens is 338 g/mol. The Morgan fingerprint density at radius 2 is 2.00 bits per heavy atom. The predicted molar refractivity (Wildman–Crippen MR) is 84.5 cm³/mol. The molecule has 118 valence electrons. The van der Waals surface area contributed by atoms with Gasteiger partial charge in [0.05, 0.1) is 23.6 Å². The van der Waals surface area contributed by atoms with E-state index >= 15 is 0 Å². The van der Waals surface area contributed by atoms with Gasteiger partial charge in [-0.25, -0.2) is 0 Å². The minimum absolute atomic E-state index is 0.181. The molecule has 0 bridgehead atoms. The average molecular weight is 360 g/mol. The molecule has 1 aromatic rings. The van der Waals surface area contributed by atoms with Crippen molar-refractivity contribution in [1.82, 2.24) is 0 Å². The zero-order valence-electron chi connectivity index (χ0n) is 12.9. The normalized spacial score (nSPS) is 11.1. The number of rotatable bonds is 7. The zero-order valence-corrected chi connectivity index (χ0v) is 14.5. The molecule has 0 aliphatic carbocycles. The van der Waals surface area contributed by atoms with Crippen LogP contribution in [0.4, 0.5) is 0 Å². The zero-order chi connectivity index (χ0) is 16.0. The Hall–Kier alpha value is -1.27. The lowest BCUT2D eigenvalue weighted by molar-refractivity contribution is -0.152. The fourth-order valence-corrected chi connectivity index (χ4v) is 2.33. The Kier molecular flexibility index (Phi) is 6.48. The van der Waals surface area contributed by atoms with E-state index < -0.39 is 5.41 Å². The Balaban J connectivity index is 2.99. The van der Waals surface area contributed by atoms with Crippen LogP contribution < -0.4 is 15.2 Å². The Morgan fingerprint density at radius 3 is 2.52 bits per heavy atom. The monoisotopic (exact) mass is 359 g/mol. The van der Waals surface area contributed by atoms with Crippen LogP contribution in [0.25, 0.3) is 0 Å². The molecule has 0 amide bonds. The van der Waals surface area contributed by atoms with Gasteiger partial charge < -0.3 is 19.9 Å². The number of benzene rings is 1. The molecule has 0 radical (unpaired) electrons. The van der Waals surface area contributed by atoms with Gasteiger partial charge in [-0.15, -0.1) is 0 Å². The summed E-state index contributed by atoms with van der Waals surface area (Å²) in [5.74, 6) is 0.842. The molecule has 0 aliphatic rings. The third kappa shape index (κ3) is 4.61. The number of carbonyl (C=O) groups excluding carboxylic acids is 1. The molecular formula is C15H22BrNO4. The van der Waals surface area contributed by atoms with E-state index in [1.807, 2.05) is 19.1 Å². The van der Waals surface area contributed by atoms with Crippen molar-refractivity contribution < 1.29 is 19.0 Å². The average Bonchev–Trinajstić information content (AvgIpc) is 2.45. The van der Waals surface area contributed by atoms with Crippen molar-refractivity contribution >= 4 is 21.9 Å². The maximum Gasteiger partial charge on any atom is 0.314 e. The van der Waals surface area contributed by atoms with Gasteiger partial charge in [0.15, 0.2) is 11.5 Å². The first-order valence-electron chi connectivity index (χ1n) is 6.72. The second-order valence-corrected chi connectivity index (χ2v) is 6.06. The molecule has 0 unspecified atom stereocenters. The lowest BCUT2D eigenvalue weighted by atomic mass is 9.95. The third-order valence-corrected chi connectivity index (χ3v) is 3.51. The third-order valence-electron chi connectivity index (χ3n) is 2.92. The standard InChI is InChI=1S/C15H22BrNO4/c1-5-20-12-7-10(8-17)6-11(16)13(12)21-9-15(2,3)14(18)19-4/h6-7H,5,8-9,17H2,1-4H3. The van der Waals surface area contributed by atoms with Gasteiger partial charge in [0.25, 0.3) is 0 Å². The summed E-state index contributed by atoms with van der Waals surface area (Å²) in [5, 5.41) is 0. The van der Waals surface area contributed by atoms with Crippen molar-refractivity contribution in [2.24, 2.45) is 11.1 Å². The summed E-state index contributed by atoms with van der Waals surface area (Å²) in [6, 6.07) is 3.72. The van der Waals surface area contributed by atoms with Gasteiger partial charge in [0, 0.05) is 6.54 Å². The minimum atomic E-state index is -0.746. The molecule has 6 heteroatoms. The summed E-state index contributed by atoms with van der Waals surface area (Å²) in [7, 11) is 1.36. The van der Waals surface area contributed by atoms with Crippen molar-refractivity contribution in [2.75, 3.05) is 20.3 Å². The molecule has 0 fully saturated rings. The highest BCUT2D eigenvalue weighted by Gasteiger charge is 2.30. The molecule has 0 aliphatic heterocycles. The topological polar surface area (TPSA) is 70.8 Å². The van der Waals surface area contributed by atoms with Crippen LogP contribution in [0.15, 0.2) is 16.6 Å². The van der Waals surface area contributed by atoms with Crippen LogP contribution in [0.3, 0.4) is 0 Å². The first-order chi connectivity index (χ1) is 9.85. The van der Waals surface area contributed by atoms with Crippen molar-refractivity contribution in [3.63, 3.8) is 0 Å². The van der Waals surface area contributed by atoms with Gasteiger partial charge in [-0.3, -0.25) is 4.79 Å². The largest absolute Gasteiger partial charge is 0.490 e. The van der Waals surface area contributed by atoms with Crippen LogP contribution in [0.5, 0.6) is 11.5 Å². The summed E-state index contributed by atoms with van der Waals surface area (Å²) < 4.78 is 16.9. The van der Waals surface area contributed by atoms with E-state index in [4.69, 9.17) is 19.9 Å². The maximum atomic E-state index is 11.7. The van der Waals surface area contributed by atoms with E-state index in [1.165, 1.54) is 7.11 Å². The first-order valence-corrected chi connectivity index (χ1v) is 7.51. The van der Waals surface area contributed by atoms with Crippen LogP contribution in [-0.4, -0.2) is 26.3 Å². The summed E-state index contributed by atoms with van der Waals surface area (Å²) in [4.78, 5) is 11.7. The number of hydrogen-bond donors (Lipinski definition) is 1. The number of nitrogens with two attached hydrogens (primary N) is 1. The lowest BCUT2D eigenvalue weighted by Crippen LogP contribution is -2.32.